The van der Waals surface area contributed by atoms with Crippen molar-refractivity contribution in [2.24, 2.45) is 0 Å². The number of aromatic nitrogens is 2. The lowest BCUT2D eigenvalue weighted by Gasteiger charge is -2.31. The van der Waals surface area contributed by atoms with E-state index in [0.717, 1.165) is 64.7 Å². The fourth-order valence-electron chi connectivity index (χ4n) is 6.64. The van der Waals surface area contributed by atoms with Gasteiger partial charge in [0.1, 0.15) is 0 Å². The normalized spacial score (nSPS) is 13.4. The summed E-state index contributed by atoms with van der Waals surface area (Å²) in [5, 5.41) is 14.7. The van der Waals surface area contributed by atoms with Crippen LogP contribution in [0.4, 0.5) is 11.4 Å². The molecule has 3 heterocycles. The fourth-order valence-corrected chi connectivity index (χ4v) is 6.64. The molecule has 1 fully saturated rings. The SMILES string of the molecule is [C-]#[N+]CCC(=O)Cn1ccc2cc(CC(=O)c3ccc(-n4ccc5cc(NC(=O)c6ccc(N7CCC(O)CC7)cc6)ccc54)cc3)ccc21. The second-order valence-corrected chi connectivity index (χ2v) is 12.8. The predicted molar refractivity (Wildman–Crippen MR) is 196 cm³/mol. The van der Waals surface area contributed by atoms with Crippen molar-refractivity contribution in [2.45, 2.75) is 38.3 Å². The number of aliphatic hydroxyl groups excluding tert-OH is 1. The molecule has 1 aliphatic rings. The maximum Gasteiger partial charge on any atom is 0.255 e. The lowest BCUT2D eigenvalue weighted by molar-refractivity contribution is -0.119. The summed E-state index contributed by atoms with van der Waals surface area (Å²) >= 11 is 0. The maximum atomic E-state index is 13.2. The van der Waals surface area contributed by atoms with Crippen LogP contribution in [-0.2, 0) is 17.8 Å². The quantitative estimate of drug-likeness (QED) is 0.114. The van der Waals surface area contributed by atoms with Crippen LogP contribution in [0.25, 0.3) is 32.3 Å². The van der Waals surface area contributed by atoms with E-state index in [2.05, 4.69) is 19.6 Å². The molecule has 1 saturated heterocycles. The Morgan fingerprint density at radius 3 is 2.22 bits per heavy atom. The van der Waals surface area contributed by atoms with Gasteiger partial charge < -0.3 is 29.3 Å². The Bertz CT molecular complexity index is 2230. The Balaban J connectivity index is 0.978. The van der Waals surface area contributed by atoms with Crippen LogP contribution < -0.4 is 10.2 Å². The monoisotopic (exact) mass is 663 g/mol. The average molecular weight is 664 g/mol. The van der Waals surface area contributed by atoms with Gasteiger partial charge >= 0.3 is 0 Å². The molecule has 50 heavy (non-hydrogen) atoms. The van der Waals surface area contributed by atoms with Crippen molar-refractivity contribution in [1.82, 2.24) is 9.13 Å². The summed E-state index contributed by atoms with van der Waals surface area (Å²) in [6, 6.07) is 30.8. The number of hydrogen-bond acceptors (Lipinski definition) is 5. The number of anilines is 2. The van der Waals surface area contributed by atoms with E-state index in [9.17, 15) is 19.5 Å². The Morgan fingerprint density at radius 1 is 0.780 bits per heavy atom. The van der Waals surface area contributed by atoms with E-state index < -0.39 is 0 Å². The van der Waals surface area contributed by atoms with Crippen molar-refractivity contribution in [2.75, 3.05) is 29.9 Å². The molecule has 1 amide bonds. The summed E-state index contributed by atoms with van der Waals surface area (Å²) in [5.41, 5.74) is 6.69. The van der Waals surface area contributed by atoms with Gasteiger partial charge in [0.2, 0.25) is 6.54 Å². The number of aliphatic hydroxyl groups is 1. The molecule has 250 valence electrons. The molecule has 2 aromatic heterocycles. The number of hydrogen-bond donors (Lipinski definition) is 2. The number of fused-ring (bicyclic) bond motifs is 2. The van der Waals surface area contributed by atoms with Gasteiger partial charge in [-0.05, 0) is 115 Å². The topological polar surface area (TPSA) is 101 Å². The molecule has 0 saturated carbocycles. The first-order valence-electron chi connectivity index (χ1n) is 16.9. The minimum absolute atomic E-state index is 0.0170. The lowest BCUT2D eigenvalue weighted by atomic mass is 10.0. The number of benzene rings is 4. The molecule has 6 aromatic rings. The van der Waals surface area contributed by atoms with E-state index in [1.165, 1.54) is 0 Å². The summed E-state index contributed by atoms with van der Waals surface area (Å²) in [7, 11) is 0. The average Bonchev–Trinajstić information content (AvgIpc) is 3.74. The molecule has 0 aliphatic carbocycles. The van der Waals surface area contributed by atoms with E-state index in [0.29, 0.717) is 16.8 Å². The third-order valence-electron chi connectivity index (χ3n) is 9.42. The minimum atomic E-state index is -0.226. The maximum absolute atomic E-state index is 13.2. The first-order valence-corrected chi connectivity index (χ1v) is 16.9. The molecule has 9 nitrogen and oxygen atoms in total. The van der Waals surface area contributed by atoms with Crippen LogP contribution in [0.3, 0.4) is 0 Å². The summed E-state index contributed by atoms with van der Waals surface area (Å²) in [6.45, 7) is 8.94. The predicted octanol–water partition coefficient (Wildman–Crippen LogP) is 7.10. The van der Waals surface area contributed by atoms with E-state index in [4.69, 9.17) is 6.57 Å². The van der Waals surface area contributed by atoms with Gasteiger partial charge in [-0.15, -0.1) is 0 Å². The van der Waals surface area contributed by atoms with Crippen LogP contribution >= 0.6 is 0 Å². The van der Waals surface area contributed by atoms with Gasteiger partial charge in [0.25, 0.3) is 5.91 Å². The number of nitrogens with one attached hydrogen (secondary N) is 1. The molecule has 2 N–H and O–H groups in total. The number of ketones is 2. The van der Waals surface area contributed by atoms with Crippen LogP contribution in [0.15, 0.2) is 109 Å². The van der Waals surface area contributed by atoms with Gasteiger partial charge in [-0.2, -0.15) is 0 Å². The highest BCUT2D eigenvalue weighted by Crippen LogP contribution is 2.26. The van der Waals surface area contributed by atoms with Gasteiger partial charge in [-0.1, -0.05) is 6.07 Å². The smallest absolute Gasteiger partial charge is 0.255 e. The molecule has 9 heteroatoms. The van der Waals surface area contributed by atoms with Crippen molar-refractivity contribution in [1.29, 1.82) is 0 Å². The number of nitrogens with zero attached hydrogens (tertiary/aromatic N) is 4. The van der Waals surface area contributed by atoms with Gasteiger partial charge in [0, 0.05) is 71.0 Å². The van der Waals surface area contributed by atoms with Crippen molar-refractivity contribution in [3.8, 4) is 5.69 Å². The highest BCUT2D eigenvalue weighted by atomic mass is 16.3. The van der Waals surface area contributed by atoms with E-state index in [-0.39, 0.29) is 49.5 Å². The standard InChI is InChI=1S/C41H37N5O4/c1-42-19-14-37(48)27-45-20-15-31-24-28(2-12-38(31)45)25-40(49)29-3-10-35(11-4-29)46-23-16-32-26-33(7-13-39(32)46)43-41(50)30-5-8-34(9-6-30)44-21-17-36(47)18-22-44/h2-13,15-16,20,23-24,26,36,47H,14,17-19,21-22,25,27H2,(H,43,50). The van der Waals surface area contributed by atoms with Gasteiger partial charge in [-0.25, -0.2) is 6.57 Å². The zero-order valence-corrected chi connectivity index (χ0v) is 27.6. The molecule has 7 rings (SSSR count). The number of Topliss-reactive ketones (excluding diaryl/α,β-unsaturated/α-hetero) is 2. The summed E-state index contributed by atoms with van der Waals surface area (Å²) in [5.74, 6) is -0.135. The number of carbonyl (C=O) groups is 3. The first-order chi connectivity index (χ1) is 24.3. The van der Waals surface area contributed by atoms with Crippen LogP contribution in [0.5, 0.6) is 0 Å². The van der Waals surface area contributed by atoms with Crippen molar-refractivity contribution in [3.05, 3.63) is 138 Å². The van der Waals surface area contributed by atoms with Crippen molar-refractivity contribution >= 4 is 50.7 Å². The Labute approximate surface area is 290 Å². The van der Waals surface area contributed by atoms with Gasteiger partial charge in [0.05, 0.1) is 24.6 Å². The second kappa shape index (κ2) is 14.2. The number of piperidine rings is 1. The molecule has 0 radical (unpaired) electrons. The zero-order valence-electron chi connectivity index (χ0n) is 27.6. The van der Waals surface area contributed by atoms with Crippen LogP contribution in [0.2, 0.25) is 0 Å². The highest BCUT2D eigenvalue weighted by molar-refractivity contribution is 6.05. The summed E-state index contributed by atoms with van der Waals surface area (Å²) in [4.78, 5) is 43.9. The number of rotatable bonds is 11. The van der Waals surface area contributed by atoms with E-state index >= 15 is 0 Å². The minimum Gasteiger partial charge on any atom is -0.393 e. The van der Waals surface area contributed by atoms with Crippen LogP contribution in [0, 0.1) is 6.57 Å². The molecular weight excluding hydrogens is 626 g/mol. The summed E-state index contributed by atoms with van der Waals surface area (Å²) < 4.78 is 3.94. The van der Waals surface area contributed by atoms with Gasteiger partial charge in [-0.3, -0.25) is 14.4 Å². The highest BCUT2D eigenvalue weighted by Gasteiger charge is 2.18. The molecule has 0 unspecified atom stereocenters. The van der Waals surface area contributed by atoms with Crippen LogP contribution in [-0.4, -0.2) is 57.5 Å². The Hall–Kier alpha value is -5.98. The largest absolute Gasteiger partial charge is 0.393 e. The van der Waals surface area contributed by atoms with E-state index in [1.807, 2.05) is 114 Å². The lowest BCUT2D eigenvalue weighted by Crippen LogP contribution is -2.35. The number of amides is 1. The molecule has 0 atom stereocenters. The Kier molecular flexibility index (Phi) is 9.28. The van der Waals surface area contributed by atoms with E-state index in [1.54, 1.807) is 0 Å². The molecule has 0 bridgehead atoms. The molecule has 4 aromatic carbocycles. The molecular formula is C41H37N5O4. The van der Waals surface area contributed by atoms with Crippen LogP contribution in [0.1, 0.15) is 45.5 Å². The van der Waals surface area contributed by atoms with Crippen molar-refractivity contribution < 1.29 is 19.5 Å². The second-order valence-electron chi connectivity index (χ2n) is 12.8. The fraction of sp³-hybridized carbons (Fsp3) is 0.220. The third-order valence-corrected chi connectivity index (χ3v) is 9.42. The third kappa shape index (κ3) is 7.07. The van der Waals surface area contributed by atoms with Crippen molar-refractivity contribution in [3.63, 3.8) is 0 Å². The Morgan fingerprint density at radius 2 is 1.46 bits per heavy atom. The first kappa shape index (κ1) is 32.6. The van der Waals surface area contributed by atoms with Gasteiger partial charge in [0.15, 0.2) is 11.6 Å². The molecule has 1 aliphatic heterocycles. The summed E-state index contributed by atoms with van der Waals surface area (Å²) in [6.07, 6.45) is 5.65. The zero-order chi connectivity index (χ0) is 34.6. The molecule has 0 spiro atoms. The number of carbonyl (C=O) groups excluding carboxylic acids is 3.